The predicted octanol–water partition coefficient (Wildman–Crippen LogP) is 1.25. The van der Waals surface area contributed by atoms with Gasteiger partial charge < -0.3 is 14.4 Å². The molecule has 106 valence electrons. The first-order valence-corrected chi connectivity index (χ1v) is 8.08. The van der Waals surface area contributed by atoms with Crippen molar-refractivity contribution >= 4 is 15.9 Å². The van der Waals surface area contributed by atoms with Crippen LogP contribution in [-0.4, -0.2) is 59.0 Å². The van der Waals surface area contributed by atoms with E-state index in [-0.39, 0.29) is 5.56 Å². The third kappa shape index (κ3) is 4.75. The van der Waals surface area contributed by atoms with Crippen molar-refractivity contribution in [2.45, 2.75) is 13.0 Å². The molecule has 19 heavy (non-hydrogen) atoms. The van der Waals surface area contributed by atoms with Crippen LogP contribution in [0.2, 0.25) is 0 Å². The molecule has 5 heteroatoms. The van der Waals surface area contributed by atoms with E-state index in [1.165, 1.54) is 13.0 Å². The van der Waals surface area contributed by atoms with Crippen LogP contribution in [0.15, 0.2) is 29.2 Å². The first-order chi connectivity index (χ1) is 9.29. The van der Waals surface area contributed by atoms with E-state index in [0.717, 1.165) is 44.6 Å². The number of hydrogen-bond donors (Lipinski definition) is 0. The van der Waals surface area contributed by atoms with Gasteiger partial charge >= 0.3 is 0 Å². The maximum Gasteiger partial charge on any atom is 0.250 e. The molecule has 1 fully saturated rings. The van der Waals surface area contributed by atoms with E-state index in [4.69, 9.17) is 0 Å². The van der Waals surface area contributed by atoms with Crippen LogP contribution in [0.1, 0.15) is 6.42 Å². The lowest BCUT2D eigenvalue weighted by Crippen LogP contribution is -2.34. The average Bonchev–Trinajstić information content (AvgIpc) is 2.64. The summed E-state index contributed by atoms with van der Waals surface area (Å²) in [6.07, 6.45) is 3.09. The van der Waals surface area contributed by atoms with Crippen molar-refractivity contribution in [3.63, 3.8) is 0 Å². The molecule has 0 saturated carbocycles. The average molecular weight is 328 g/mol. The predicted molar refractivity (Wildman–Crippen MR) is 82.0 cm³/mol. The van der Waals surface area contributed by atoms with E-state index in [2.05, 4.69) is 25.7 Å². The number of alkyl halides is 1. The Hall–Kier alpha value is -0.650. The third-order valence-electron chi connectivity index (χ3n) is 3.64. The summed E-state index contributed by atoms with van der Waals surface area (Å²) < 4.78 is 1.79. The summed E-state index contributed by atoms with van der Waals surface area (Å²) in [6.45, 7) is 7.45. The van der Waals surface area contributed by atoms with Gasteiger partial charge in [-0.05, 0) is 25.6 Å². The Kier molecular flexibility index (Phi) is 6.07. The minimum atomic E-state index is 0.0956. The molecule has 1 aliphatic heterocycles. The first-order valence-electron chi connectivity index (χ1n) is 6.96. The van der Waals surface area contributed by atoms with Crippen LogP contribution in [0, 0.1) is 0 Å². The maximum absolute atomic E-state index is 11.6. The summed E-state index contributed by atoms with van der Waals surface area (Å²) in [7, 11) is 0. The Balaban J connectivity index is 1.80. The number of pyridine rings is 1. The quantitative estimate of drug-likeness (QED) is 0.762. The Morgan fingerprint density at radius 2 is 1.74 bits per heavy atom. The molecule has 0 aromatic carbocycles. The van der Waals surface area contributed by atoms with Crippen molar-refractivity contribution in [1.29, 1.82) is 0 Å². The van der Waals surface area contributed by atoms with Gasteiger partial charge in [-0.15, -0.1) is 0 Å². The normalized spacial score (nSPS) is 18.4. The highest BCUT2D eigenvalue weighted by Crippen LogP contribution is 2.03. The van der Waals surface area contributed by atoms with Crippen LogP contribution in [0.4, 0.5) is 0 Å². The molecule has 0 aliphatic carbocycles. The minimum Gasteiger partial charge on any atom is -0.314 e. The molecule has 0 unspecified atom stereocenters. The number of hydrogen-bond acceptors (Lipinski definition) is 3. The Labute approximate surface area is 123 Å². The van der Waals surface area contributed by atoms with Gasteiger partial charge in [-0.1, -0.05) is 22.0 Å². The molecule has 0 amide bonds. The fourth-order valence-corrected chi connectivity index (χ4v) is 2.99. The monoisotopic (exact) mass is 327 g/mol. The van der Waals surface area contributed by atoms with Crippen LogP contribution >= 0.6 is 15.9 Å². The molecule has 1 aromatic heterocycles. The fourth-order valence-electron chi connectivity index (χ4n) is 2.49. The Morgan fingerprint density at radius 3 is 2.42 bits per heavy atom. The lowest BCUT2D eigenvalue weighted by atomic mass is 10.3. The van der Waals surface area contributed by atoms with E-state index in [0.29, 0.717) is 0 Å². The number of nitrogens with zero attached hydrogens (tertiary/aromatic N) is 3. The molecule has 0 atom stereocenters. The second-order valence-electron chi connectivity index (χ2n) is 4.96. The molecular formula is C14H22BrN3O. The number of rotatable bonds is 5. The van der Waals surface area contributed by atoms with Gasteiger partial charge in [0.05, 0.1) is 0 Å². The standard InChI is InChI=1S/C14H22BrN3O/c15-5-9-16-6-3-7-17(11-10-16)12-13-18-8-2-1-4-14(18)19/h1-2,4,8H,3,5-7,9-13H2. The van der Waals surface area contributed by atoms with Gasteiger partial charge in [0.25, 0.3) is 5.56 Å². The molecule has 4 nitrogen and oxygen atoms in total. The van der Waals surface area contributed by atoms with Crippen molar-refractivity contribution in [2.24, 2.45) is 0 Å². The van der Waals surface area contributed by atoms with Gasteiger partial charge in [0.2, 0.25) is 0 Å². The lowest BCUT2D eigenvalue weighted by Gasteiger charge is -2.21. The highest BCUT2D eigenvalue weighted by atomic mass is 79.9. The molecule has 0 bridgehead atoms. The van der Waals surface area contributed by atoms with Crippen molar-refractivity contribution in [3.8, 4) is 0 Å². The molecule has 2 heterocycles. The Morgan fingerprint density at radius 1 is 1.00 bits per heavy atom. The first kappa shape index (κ1) is 14.8. The highest BCUT2D eigenvalue weighted by Gasteiger charge is 2.13. The van der Waals surface area contributed by atoms with Crippen LogP contribution < -0.4 is 5.56 Å². The minimum absolute atomic E-state index is 0.0956. The second-order valence-corrected chi connectivity index (χ2v) is 5.75. The zero-order valence-corrected chi connectivity index (χ0v) is 12.9. The van der Waals surface area contributed by atoms with Crippen LogP contribution in [0.25, 0.3) is 0 Å². The summed E-state index contributed by atoms with van der Waals surface area (Å²) in [5.41, 5.74) is 0.0956. The topological polar surface area (TPSA) is 28.5 Å². The second kappa shape index (κ2) is 7.82. The lowest BCUT2D eigenvalue weighted by molar-refractivity contribution is 0.256. The molecule has 0 spiro atoms. The van der Waals surface area contributed by atoms with Crippen molar-refractivity contribution in [3.05, 3.63) is 34.7 Å². The van der Waals surface area contributed by atoms with Crippen LogP contribution in [-0.2, 0) is 6.54 Å². The zero-order chi connectivity index (χ0) is 13.5. The van der Waals surface area contributed by atoms with E-state index in [1.54, 1.807) is 16.7 Å². The van der Waals surface area contributed by atoms with Gasteiger partial charge in [-0.25, -0.2) is 0 Å². The molecular weight excluding hydrogens is 306 g/mol. The van der Waals surface area contributed by atoms with Crippen molar-refractivity contribution in [1.82, 2.24) is 14.4 Å². The summed E-state index contributed by atoms with van der Waals surface area (Å²) in [4.78, 5) is 16.6. The van der Waals surface area contributed by atoms with Gasteiger partial charge in [-0.3, -0.25) is 4.79 Å². The largest absolute Gasteiger partial charge is 0.314 e. The maximum atomic E-state index is 11.6. The summed E-state index contributed by atoms with van der Waals surface area (Å²) >= 11 is 3.50. The molecule has 1 saturated heterocycles. The number of aromatic nitrogens is 1. The molecule has 2 rings (SSSR count). The van der Waals surface area contributed by atoms with Crippen LogP contribution in [0.5, 0.6) is 0 Å². The van der Waals surface area contributed by atoms with E-state index >= 15 is 0 Å². The van der Waals surface area contributed by atoms with Crippen molar-refractivity contribution < 1.29 is 0 Å². The molecule has 0 N–H and O–H groups in total. The van der Waals surface area contributed by atoms with Gasteiger partial charge in [-0.2, -0.15) is 0 Å². The molecule has 1 aliphatic rings. The van der Waals surface area contributed by atoms with Gasteiger partial charge in [0.15, 0.2) is 0 Å². The molecule has 0 radical (unpaired) electrons. The van der Waals surface area contributed by atoms with E-state index in [9.17, 15) is 4.79 Å². The smallest absolute Gasteiger partial charge is 0.250 e. The summed E-state index contributed by atoms with van der Waals surface area (Å²) in [6, 6.07) is 5.34. The van der Waals surface area contributed by atoms with Gasteiger partial charge in [0.1, 0.15) is 0 Å². The zero-order valence-electron chi connectivity index (χ0n) is 11.3. The summed E-state index contributed by atoms with van der Waals surface area (Å²) in [5, 5.41) is 1.05. The fraction of sp³-hybridized carbons (Fsp3) is 0.643. The van der Waals surface area contributed by atoms with Gasteiger partial charge in [0, 0.05) is 50.3 Å². The van der Waals surface area contributed by atoms with Crippen LogP contribution in [0.3, 0.4) is 0 Å². The number of halogens is 1. The van der Waals surface area contributed by atoms with E-state index < -0.39 is 0 Å². The van der Waals surface area contributed by atoms with Crippen molar-refractivity contribution in [2.75, 3.05) is 44.6 Å². The highest BCUT2D eigenvalue weighted by molar-refractivity contribution is 9.09. The van der Waals surface area contributed by atoms with E-state index in [1.807, 2.05) is 12.3 Å². The Bertz CT molecular complexity index is 435. The summed E-state index contributed by atoms with van der Waals surface area (Å²) in [5.74, 6) is 0. The SMILES string of the molecule is O=c1ccccn1CCN1CCCN(CCBr)CC1. The third-order valence-corrected chi connectivity index (χ3v) is 3.99. The molecule has 1 aromatic rings.